The average molecular weight is 257 g/mol. The zero-order valence-corrected chi connectivity index (χ0v) is 11.5. The lowest BCUT2D eigenvalue weighted by molar-refractivity contribution is 0.102. The number of ether oxygens (including phenoxy) is 1. The van der Waals surface area contributed by atoms with Gasteiger partial charge < -0.3 is 20.7 Å². The molecule has 0 saturated carbocycles. The van der Waals surface area contributed by atoms with E-state index in [4.69, 9.17) is 10.5 Å². The van der Waals surface area contributed by atoms with Crippen LogP contribution in [0.3, 0.4) is 0 Å². The van der Waals surface area contributed by atoms with Crippen molar-refractivity contribution in [2.45, 2.75) is 6.92 Å². The lowest BCUT2D eigenvalue weighted by Crippen LogP contribution is -2.20. The highest BCUT2D eigenvalue weighted by Gasteiger charge is 2.19. The number of likely N-dealkylation sites (N-methyl/N-ethyl adjacent to an activating group) is 1. The Balaban J connectivity index is 2.84. The van der Waals surface area contributed by atoms with E-state index in [-0.39, 0.29) is 5.78 Å². The van der Waals surface area contributed by atoms with Crippen LogP contribution in [-0.4, -0.2) is 45.0 Å². The Morgan fingerprint density at radius 2 is 2.18 bits per heavy atom. The zero-order chi connectivity index (χ0) is 13.0. The zero-order valence-electron chi connectivity index (χ0n) is 10.7. The quantitative estimate of drug-likeness (QED) is 0.756. The van der Waals surface area contributed by atoms with Crippen LogP contribution in [0.4, 0.5) is 10.7 Å². The molecule has 0 aliphatic rings. The van der Waals surface area contributed by atoms with E-state index in [2.05, 4.69) is 10.2 Å². The summed E-state index contributed by atoms with van der Waals surface area (Å²) in [6.07, 6.45) is 0. The van der Waals surface area contributed by atoms with Gasteiger partial charge in [0.05, 0.1) is 17.7 Å². The number of thiophene rings is 1. The van der Waals surface area contributed by atoms with Crippen molar-refractivity contribution in [1.29, 1.82) is 0 Å². The van der Waals surface area contributed by atoms with E-state index < -0.39 is 0 Å². The van der Waals surface area contributed by atoms with Gasteiger partial charge in [0, 0.05) is 20.0 Å². The van der Waals surface area contributed by atoms with Crippen molar-refractivity contribution in [3.63, 3.8) is 0 Å². The summed E-state index contributed by atoms with van der Waals surface area (Å²) in [5.74, 6) is 0.533. The van der Waals surface area contributed by atoms with Gasteiger partial charge in [-0.25, -0.2) is 0 Å². The van der Waals surface area contributed by atoms with E-state index in [0.717, 1.165) is 18.1 Å². The number of anilines is 2. The summed E-state index contributed by atoms with van der Waals surface area (Å²) in [6, 6.07) is 0. The SMILES string of the molecule is COc1c(NCCN(C)C)sc(C(C)=O)c1N. The Kier molecular flexibility index (Phi) is 4.77. The first-order chi connectivity index (χ1) is 7.97. The minimum atomic E-state index is -0.0357. The minimum absolute atomic E-state index is 0.0357. The summed E-state index contributed by atoms with van der Waals surface area (Å²) in [5, 5.41) is 4.05. The van der Waals surface area contributed by atoms with E-state index in [1.807, 2.05) is 14.1 Å². The number of Topliss-reactive ketones (excluding diaryl/α,β-unsaturated/α-hetero) is 1. The average Bonchev–Trinajstić information content (AvgIpc) is 2.54. The van der Waals surface area contributed by atoms with Gasteiger partial charge in [-0.05, 0) is 14.1 Å². The number of methoxy groups -OCH3 is 1. The number of nitrogens with one attached hydrogen (secondary N) is 1. The smallest absolute Gasteiger partial charge is 0.176 e. The lowest BCUT2D eigenvalue weighted by Gasteiger charge is -2.11. The Morgan fingerprint density at radius 1 is 1.53 bits per heavy atom. The normalized spacial score (nSPS) is 10.6. The highest BCUT2D eigenvalue weighted by Crippen LogP contribution is 2.42. The van der Waals surface area contributed by atoms with Crippen LogP contribution in [0.2, 0.25) is 0 Å². The Morgan fingerprint density at radius 3 is 2.65 bits per heavy atom. The molecule has 96 valence electrons. The molecule has 0 saturated heterocycles. The first-order valence-corrected chi connectivity index (χ1v) is 6.14. The molecule has 3 N–H and O–H groups in total. The maximum absolute atomic E-state index is 11.4. The molecule has 0 bridgehead atoms. The first-order valence-electron chi connectivity index (χ1n) is 5.33. The van der Waals surface area contributed by atoms with Crippen molar-refractivity contribution in [3.05, 3.63) is 4.88 Å². The third-order valence-electron chi connectivity index (χ3n) is 2.27. The molecule has 0 aliphatic heterocycles. The molecule has 6 heteroatoms. The summed E-state index contributed by atoms with van der Waals surface area (Å²) < 4.78 is 5.22. The van der Waals surface area contributed by atoms with Crippen LogP contribution in [0.25, 0.3) is 0 Å². The van der Waals surface area contributed by atoms with Crippen molar-refractivity contribution in [2.24, 2.45) is 0 Å². The van der Waals surface area contributed by atoms with Crippen LogP contribution >= 0.6 is 11.3 Å². The molecular weight excluding hydrogens is 238 g/mol. The highest BCUT2D eigenvalue weighted by atomic mass is 32.1. The second kappa shape index (κ2) is 5.88. The fourth-order valence-corrected chi connectivity index (χ4v) is 2.41. The maximum atomic E-state index is 11.4. The number of nitrogens with two attached hydrogens (primary N) is 1. The fraction of sp³-hybridized carbons (Fsp3) is 0.545. The summed E-state index contributed by atoms with van der Waals surface area (Å²) >= 11 is 1.34. The van der Waals surface area contributed by atoms with Gasteiger partial charge in [-0.3, -0.25) is 4.79 Å². The molecule has 1 rings (SSSR count). The summed E-state index contributed by atoms with van der Waals surface area (Å²) in [7, 11) is 5.56. The Bertz CT molecular complexity index is 402. The molecule has 1 heterocycles. The predicted molar refractivity (Wildman–Crippen MR) is 72.3 cm³/mol. The van der Waals surface area contributed by atoms with Crippen LogP contribution in [0.1, 0.15) is 16.6 Å². The van der Waals surface area contributed by atoms with Gasteiger partial charge in [-0.15, -0.1) is 11.3 Å². The molecule has 1 aromatic rings. The molecule has 0 aliphatic carbocycles. The number of hydrogen-bond acceptors (Lipinski definition) is 6. The largest absolute Gasteiger partial charge is 0.492 e. The number of hydrogen-bond donors (Lipinski definition) is 2. The van der Waals surface area contributed by atoms with Crippen molar-refractivity contribution < 1.29 is 9.53 Å². The first kappa shape index (κ1) is 13.8. The van der Waals surface area contributed by atoms with Gasteiger partial charge in [0.25, 0.3) is 0 Å². The molecule has 1 aromatic heterocycles. The number of nitrogens with zero attached hydrogens (tertiary/aromatic N) is 1. The van der Waals surface area contributed by atoms with E-state index in [1.165, 1.54) is 18.3 Å². The molecule has 5 nitrogen and oxygen atoms in total. The van der Waals surface area contributed by atoms with Gasteiger partial charge in [0.2, 0.25) is 0 Å². The second-order valence-electron chi connectivity index (χ2n) is 3.99. The minimum Gasteiger partial charge on any atom is -0.492 e. The molecule has 0 amide bonds. The molecule has 0 atom stereocenters. The van der Waals surface area contributed by atoms with Crippen LogP contribution in [0, 0.1) is 0 Å². The Labute approximate surface area is 106 Å². The van der Waals surface area contributed by atoms with Crippen LogP contribution in [-0.2, 0) is 0 Å². The molecule has 0 unspecified atom stereocenters. The van der Waals surface area contributed by atoms with Gasteiger partial charge in [-0.2, -0.15) is 0 Å². The van der Waals surface area contributed by atoms with E-state index in [0.29, 0.717) is 16.3 Å². The second-order valence-corrected chi connectivity index (χ2v) is 5.01. The molecule has 0 radical (unpaired) electrons. The molecule has 0 spiro atoms. The fourth-order valence-electron chi connectivity index (χ4n) is 1.40. The molecule has 17 heavy (non-hydrogen) atoms. The van der Waals surface area contributed by atoms with Gasteiger partial charge in [0.1, 0.15) is 5.00 Å². The van der Waals surface area contributed by atoms with E-state index >= 15 is 0 Å². The van der Waals surface area contributed by atoms with Crippen molar-refractivity contribution in [3.8, 4) is 5.75 Å². The van der Waals surface area contributed by atoms with Crippen molar-refractivity contribution in [2.75, 3.05) is 45.3 Å². The van der Waals surface area contributed by atoms with Crippen molar-refractivity contribution >= 4 is 27.8 Å². The van der Waals surface area contributed by atoms with Crippen LogP contribution in [0.5, 0.6) is 5.75 Å². The van der Waals surface area contributed by atoms with Gasteiger partial charge in [0.15, 0.2) is 11.5 Å². The number of carbonyl (C=O) groups excluding carboxylic acids is 1. The van der Waals surface area contributed by atoms with Gasteiger partial charge >= 0.3 is 0 Å². The van der Waals surface area contributed by atoms with Crippen LogP contribution < -0.4 is 15.8 Å². The third-order valence-corrected chi connectivity index (χ3v) is 3.51. The number of ketones is 1. The van der Waals surface area contributed by atoms with E-state index in [1.54, 1.807) is 7.11 Å². The maximum Gasteiger partial charge on any atom is 0.176 e. The number of carbonyl (C=O) groups is 1. The van der Waals surface area contributed by atoms with Crippen molar-refractivity contribution in [1.82, 2.24) is 4.90 Å². The summed E-state index contributed by atoms with van der Waals surface area (Å²) in [4.78, 5) is 14.0. The highest BCUT2D eigenvalue weighted by molar-refractivity contribution is 7.19. The molecular formula is C11H19N3O2S. The molecule has 0 aromatic carbocycles. The standard InChI is InChI=1S/C11H19N3O2S/c1-7(15)10-8(12)9(16-4)11(17-10)13-5-6-14(2)3/h13H,5-6,12H2,1-4H3. The summed E-state index contributed by atoms with van der Waals surface area (Å²) in [6.45, 7) is 3.18. The molecule has 0 fully saturated rings. The topological polar surface area (TPSA) is 67.6 Å². The predicted octanol–water partition coefficient (Wildman–Crippen LogP) is 1.51. The number of nitrogen functional groups attached to an aromatic ring is 1. The summed E-state index contributed by atoms with van der Waals surface area (Å²) in [5.41, 5.74) is 6.29. The lowest BCUT2D eigenvalue weighted by atomic mass is 10.3. The third kappa shape index (κ3) is 3.34. The Hall–Kier alpha value is -1.27. The number of rotatable bonds is 6. The monoisotopic (exact) mass is 257 g/mol. The van der Waals surface area contributed by atoms with Crippen LogP contribution in [0.15, 0.2) is 0 Å². The van der Waals surface area contributed by atoms with E-state index in [9.17, 15) is 4.79 Å². The van der Waals surface area contributed by atoms with Gasteiger partial charge in [-0.1, -0.05) is 0 Å².